The van der Waals surface area contributed by atoms with Crippen LogP contribution in [-0.4, -0.2) is 67.1 Å². The standard InChI is InChI=1S/C32H44N4O3/c1-31-11-9-24(39-30(38)20-35-29(37)21-36-16-14-33-15-17-36)18-23(31)5-6-25-27-8-7-26(22-4-3-13-34-19-22)32(27,2)12-10-28(25)31/h3-5,7,13,19,24-25,27-28,33H,6,8-12,14-18,20-21H2,1-2H3,(H,35,37)/t24-,25-,27-,28-,31-,32+/m0/s1. The molecule has 6 atom stereocenters. The predicted octanol–water partition coefficient (Wildman–Crippen LogP) is 3.97. The van der Waals surface area contributed by atoms with E-state index >= 15 is 0 Å². The highest BCUT2D eigenvalue weighted by molar-refractivity contribution is 5.83. The Morgan fingerprint density at radius 3 is 2.72 bits per heavy atom. The van der Waals surface area contributed by atoms with Gasteiger partial charge >= 0.3 is 5.97 Å². The number of nitrogens with zero attached hydrogens (tertiary/aromatic N) is 2. The predicted molar refractivity (Wildman–Crippen MR) is 151 cm³/mol. The maximum Gasteiger partial charge on any atom is 0.325 e. The van der Waals surface area contributed by atoms with E-state index in [1.807, 2.05) is 12.4 Å². The van der Waals surface area contributed by atoms with E-state index in [9.17, 15) is 9.59 Å². The minimum atomic E-state index is -0.319. The molecule has 1 aliphatic heterocycles. The van der Waals surface area contributed by atoms with Crippen molar-refractivity contribution in [3.8, 4) is 0 Å². The van der Waals surface area contributed by atoms with Gasteiger partial charge in [-0.2, -0.15) is 0 Å². The van der Waals surface area contributed by atoms with Crippen LogP contribution in [0.1, 0.15) is 64.4 Å². The lowest BCUT2D eigenvalue weighted by atomic mass is 9.47. The number of allylic oxidation sites excluding steroid dienone is 3. The second-order valence-electron chi connectivity index (χ2n) is 13.0. The van der Waals surface area contributed by atoms with E-state index < -0.39 is 0 Å². The third kappa shape index (κ3) is 5.08. The number of pyridine rings is 1. The number of rotatable bonds is 6. The molecule has 7 nitrogen and oxygen atoms in total. The topological polar surface area (TPSA) is 83.6 Å². The minimum absolute atomic E-state index is 0.0467. The van der Waals surface area contributed by atoms with E-state index in [1.165, 1.54) is 36.0 Å². The number of carbonyl (C=O) groups is 2. The number of aromatic nitrogens is 1. The Morgan fingerprint density at radius 1 is 1.10 bits per heavy atom. The Labute approximate surface area is 232 Å². The number of piperazine rings is 1. The van der Waals surface area contributed by atoms with Crippen LogP contribution < -0.4 is 10.6 Å². The second kappa shape index (κ2) is 10.8. The lowest BCUT2D eigenvalue weighted by Crippen LogP contribution is -2.50. The number of carbonyl (C=O) groups excluding carboxylic acids is 2. The molecule has 1 aromatic heterocycles. The number of esters is 1. The Hall–Kier alpha value is -2.51. The molecule has 2 N–H and O–H groups in total. The van der Waals surface area contributed by atoms with Crippen molar-refractivity contribution in [3.63, 3.8) is 0 Å². The van der Waals surface area contributed by atoms with Gasteiger partial charge in [0.15, 0.2) is 0 Å². The Balaban J connectivity index is 1.05. The molecule has 0 bridgehead atoms. The maximum atomic E-state index is 12.6. The fourth-order valence-electron chi connectivity index (χ4n) is 8.79. The quantitative estimate of drug-likeness (QED) is 0.426. The van der Waals surface area contributed by atoms with E-state index in [0.29, 0.717) is 24.3 Å². The molecule has 5 aliphatic rings. The number of hydrogen-bond acceptors (Lipinski definition) is 6. The molecule has 0 unspecified atom stereocenters. The van der Waals surface area contributed by atoms with Gasteiger partial charge in [-0.1, -0.05) is 37.6 Å². The van der Waals surface area contributed by atoms with Crippen LogP contribution in [0, 0.1) is 28.6 Å². The molecule has 1 amide bonds. The normalized spacial score (nSPS) is 36.1. The molecular formula is C32H44N4O3. The van der Waals surface area contributed by atoms with Crippen molar-refractivity contribution in [1.29, 1.82) is 0 Å². The third-order valence-electron chi connectivity index (χ3n) is 10.9. The molecule has 1 aromatic rings. The lowest BCUT2D eigenvalue weighted by Gasteiger charge is -2.57. The zero-order valence-corrected chi connectivity index (χ0v) is 23.6. The van der Waals surface area contributed by atoms with Crippen molar-refractivity contribution in [2.24, 2.45) is 28.6 Å². The molecule has 4 aliphatic carbocycles. The fraction of sp³-hybridized carbons (Fsp3) is 0.656. The Morgan fingerprint density at radius 2 is 1.92 bits per heavy atom. The molecule has 0 radical (unpaired) electrons. The molecule has 0 spiro atoms. The van der Waals surface area contributed by atoms with Crippen molar-refractivity contribution in [2.45, 2.75) is 64.9 Å². The molecule has 7 heteroatoms. The van der Waals surface area contributed by atoms with Gasteiger partial charge in [0.2, 0.25) is 5.91 Å². The minimum Gasteiger partial charge on any atom is -0.461 e. The Kier molecular flexibility index (Phi) is 7.40. The highest BCUT2D eigenvalue weighted by atomic mass is 16.5. The van der Waals surface area contributed by atoms with E-state index in [-0.39, 0.29) is 35.4 Å². The first-order valence-electron chi connectivity index (χ1n) is 15.1. The number of nitrogens with one attached hydrogen (secondary N) is 2. The molecular weight excluding hydrogens is 488 g/mol. The van der Waals surface area contributed by atoms with Crippen LogP contribution in [0.25, 0.3) is 5.57 Å². The zero-order chi connectivity index (χ0) is 27.0. The first-order chi connectivity index (χ1) is 18.9. The van der Waals surface area contributed by atoms with Crippen molar-refractivity contribution >= 4 is 17.4 Å². The van der Waals surface area contributed by atoms with Crippen LogP contribution in [0.15, 0.2) is 42.3 Å². The van der Waals surface area contributed by atoms with Crippen molar-refractivity contribution in [2.75, 3.05) is 39.3 Å². The summed E-state index contributed by atoms with van der Waals surface area (Å²) in [4.78, 5) is 31.4. The van der Waals surface area contributed by atoms with Crippen LogP contribution in [0.5, 0.6) is 0 Å². The number of amides is 1. The summed E-state index contributed by atoms with van der Waals surface area (Å²) < 4.78 is 5.88. The lowest BCUT2D eigenvalue weighted by molar-refractivity contribution is -0.151. The van der Waals surface area contributed by atoms with Crippen LogP contribution in [0.2, 0.25) is 0 Å². The van der Waals surface area contributed by atoms with Crippen LogP contribution >= 0.6 is 0 Å². The summed E-state index contributed by atoms with van der Waals surface area (Å²) in [5.74, 6) is 1.65. The molecule has 3 fully saturated rings. The smallest absolute Gasteiger partial charge is 0.325 e. The SMILES string of the molecule is C[C@]12CC[C@H](OC(=O)CNC(=O)CN3CCNCC3)CC1=CC[C@@H]1[C@@H]2CC[C@]2(C)C(c3cccnc3)=CC[C@@H]12. The summed E-state index contributed by atoms with van der Waals surface area (Å²) in [7, 11) is 0. The molecule has 39 heavy (non-hydrogen) atoms. The summed E-state index contributed by atoms with van der Waals surface area (Å²) in [6.45, 7) is 8.79. The van der Waals surface area contributed by atoms with Gasteiger partial charge in [0.1, 0.15) is 12.6 Å². The monoisotopic (exact) mass is 532 g/mol. The summed E-state index contributed by atoms with van der Waals surface area (Å²) in [5, 5.41) is 6.05. The van der Waals surface area contributed by atoms with E-state index in [2.05, 4.69) is 58.6 Å². The first kappa shape index (κ1) is 26.7. The molecule has 210 valence electrons. The van der Waals surface area contributed by atoms with Gasteiger partial charge in [0.25, 0.3) is 0 Å². The number of fused-ring (bicyclic) bond motifs is 5. The molecule has 6 rings (SSSR count). The molecule has 0 aromatic carbocycles. The third-order valence-corrected chi connectivity index (χ3v) is 10.9. The maximum absolute atomic E-state index is 12.6. The van der Waals surface area contributed by atoms with Crippen LogP contribution in [0.4, 0.5) is 0 Å². The zero-order valence-electron chi connectivity index (χ0n) is 23.6. The van der Waals surface area contributed by atoms with Gasteiger partial charge in [-0.3, -0.25) is 19.5 Å². The number of hydrogen-bond donors (Lipinski definition) is 2. The second-order valence-corrected chi connectivity index (χ2v) is 13.0. The van der Waals surface area contributed by atoms with Gasteiger partial charge in [0, 0.05) is 45.0 Å². The van der Waals surface area contributed by atoms with E-state index in [1.54, 1.807) is 0 Å². The first-order valence-corrected chi connectivity index (χ1v) is 15.1. The van der Waals surface area contributed by atoms with Crippen molar-refractivity contribution in [3.05, 3.63) is 47.8 Å². The summed E-state index contributed by atoms with van der Waals surface area (Å²) in [6.07, 6.45) is 16.4. The average Bonchev–Trinajstić information content (AvgIpc) is 3.30. The van der Waals surface area contributed by atoms with Gasteiger partial charge in [-0.25, -0.2) is 0 Å². The molecule has 1 saturated heterocycles. The van der Waals surface area contributed by atoms with Crippen LogP contribution in [0.3, 0.4) is 0 Å². The highest BCUT2D eigenvalue weighted by Gasteiger charge is 2.57. The van der Waals surface area contributed by atoms with Crippen LogP contribution in [-0.2, 0) is 14.3 Å². The van der Waals surface area contributed by atoms with Crippen molar-refractivity contribution < 1.29 is 14.3 Å². The summed E-state index contributed by atoms with van der Waals surface area (Å²) in [5.41, 5.74) is 4.73. The summed E-state index contributed by atoms with van der Waals surface area (Å²) >= 11 is 0. The molecule has 2 heterocycles. The van der Waals surface area contributed by atoms with Gasteiger partial charge in [0.05, 0.1) is 6.54 Å². The average molecular weight is 533 g/mol. The molecule has 2 saturated carbocycles. The highest BCUT2D eigenvalue weighted by Crippen LogP contribution is 2.66. The van der Waals surface area contributed by atoms with E-state index in [4.69, 9.17) is 4.74 Å². The van der Waals surface area contributed by atoms with Crippen molar-refractivity contribution in [1.82, 2.24) is 20.5 Å². The van der Waals surface area contributed by atoms with Gasteiger partial charge in [-0.15, -0.1) is 0 Å². The number of ether oxygens (including phenoxy) is 1. The Bertz CT molecular complexity index is 1140. The van der Waals surface area contributed by atoms with E-state index in [0.717, 1.165) is 51.9 Å². The van der Waals surface area contributed by atoms with Gasteiger partial charge in [-0.05, 0) is 84.3 Å². The fourth-order valence-corrected chi connectivity index (χ4v) is 8.79. The van der Waals surface area contributed by atoms with Gasteiger partial charge < -0.3 is 15.4 Å². The summed E-state index contributed by atoms with van der Waals surface area (Å²) in [6, 6.07) is 4.28. The largest absolute Gasteiger partial charge is 0.461 e.